The van der Waals surface area contributed by atoms with Crippen molar-refractivity contribution in [2.75, 3.05) is 0 Å². The molecule has 0 unspecified atom stereocenters. The Kier molecular flexibility index (Phi) is 13.4. The standard InChI is InChI=1S/2C13H7F2O.2CH3.Ti/c2*14-10-6-7-11(12(15)8-10)13(16)9-4-2-1-3-5-9;;;/h2*1-7H;2*1H3;/q4*-1;+4. The summed E-state index contributed by atoms with van der Waals surface area (Å²) in [5.41, 5.74) is 0.378. The van der Waals surface area contributed by atoms with Gasteiger partial charge in [-0.05, 0) is 0 Å². The van der Waals surface area contributed by atoms with E-state index in [1.807, 2.05) is 12.1 Å². The molecule has 0 amide bonds. The zero-order valence-corrected chi connectivity index (χ0v) is 20.5. The van der Waals surface area contributed by atoms with Gasteiger partial charge in [0.05, 0.1) is 0 Å². The Morgan fingerprint density at radius 1 is 0.514 bits per heavy atom. The van der Waals surface area contributed by atoms with Crippen molar-refractivity contribution in [2.45, 2.75) is 0 Å². The van der Waals surface area contributed by atoms with Crippen molar-refractivity contribution < 1.29 is 48.9 Å². The molecule has 0 radical (unpaired) electrons. The van der Waals surface area contributed by atoms with Crippen LogP contribution in [0.5, 0.6) is 0 Å². The minimum Gasteiger partial charge on any atom is -0.358 e. The number of halogens is 4. The van der Waals surface area contributed by atoms with Crippen molar-refractivity contribution >= 4 is 11.6 Å². The fraction of sp³-hybridized carbons (Fsp3) is 0. The maximum Gasteiger partial charge on any atom is 4.00 e. The fourth-order valence-corrected chi connectivity index (χ4v) is 2.73. The van der Waals surface area contributed by atoms with E-state index < -0.39 is 34.8 Å². The number of rotatable bonds is 4. The van der Waals surface area contributed by atoms with E-state index in [9.17, 15) is 27.2 Å². The maximum absolute atomic E-state index is 13.3. The average molecular weight is 512 g/mol. The van der Waals surface area contributed by atoms with E-state index in [0.717, 1.165) is 24.3 Å². The van der Waals surface area contributed by atoms with Crippen molar-refractivity contribution in [3.05, 3.63) is 157 Å². The summed E-state index contributed by atoms with van der Waals surface area (Å²) >= 11 is 0. The summed E-state index contributed by atoms with van der Waals surface area (Å²) in [5.74, 6) is -4.52. The van der Waals surface area contributed by atoms with Gasteiger partial charge in [-0.3, -0.25) is 0 Å². The summed E-state index contributed by atoms with van der Waals surface area (Å²) in [7, 11) is 0. The van der Waals surface area contributed by atoms with E-state index in [-0.39, 0.29) is 47.7 Å². The zero-order chi connectivity index (χ0) is 23.1. The number of hydrogen-bond acceptors (Lipinski definition) is 2. The van der Waals surface area contributed by atoms with Crippen LogP contribution in [0.3, 0.4) is 0 Å². The quantitative estimate of drug-likeness (QED) is 0.129. The summed E-state index contributed by atoms with van der Waals surface area (Å²) in [6, 6.07) is 24.5. The van der Waals surface area contributed by atoms with Crippen LogP contribution in [0, 0.1) is 50.3 Å². The Balaban J connectivity index is 0.000000608. The molecule has 0 spiro atoms. The second-order valence-corrected chi connectivity index (χ2v) is 6.46. The zero-order valence-electron chi connectivity index (χ0n) is 18.9. The average Bonchev–Trinajstić information content (AvgIpc) is 2.80. The largest absolute Gasteiger partial charge is 4.00 e. The Bertz CT molecular complexity index is 1150. The molecule has 4 rings (SSSR count). The van der Waals surface area contributed by atoms with E-state index in [4.69, 9.17) is 0 Å². The number of carbonyl (C=O) groups excluding carboxylic acids is 2. The van der Waals surface area contributed by atoms with Crippen LogP contribution in [0.2, 0.25) is 0 Å². The Hall–Kier alpha value is -3.35. The second-order valence-electron chi connectivity index (χ2n) is 6.46. The number of benzene rings is 4. The molecule has 7 heteroatoms. The number of ketones is 2. The Morgan fingerprint density at radius 2 is 0.829 bits per heavy atom. The van der Waals surface area contributed by atoms with Gasteiger partial charge in [-0.2, -0.15) is 12.1 Å². The summed E-state index contributed by atoms with van der Waals surface area (Å²) in [6.45, 7) is 0. The monoisotopic (exact) mass is 512 g/mol. The first-order chi connectivity index (χ1) is 15.4. The molecule has 4 aromatic rings. The molecule has 4 aromatic carbocycles. The van der Waals surface area contributed by atoms with Crippen LogP contribution < -0.4 is 0 Å². The molecule has 0 aliphatic heterocycles. The molecule has 0 saturated carbocycles. The molecule has 176 valence electrons. The first kappa shape index (κ1) is 31.7. The van der Waals surface area contributed by atoms with Gasteiger partial charge < -0.3 is 24.4 Å². The van der Waals surface area contributed by atoms with E-state index >= 15 is 0 Å². The first-order valence-electron chi connectivity index (χ1n) is 9.31. The van der Waals surface area contributed by atoms with Gasteiger partial charge in [0.15, 0.2) is 0 Å². The van der Waals surface area contributed by atoms with Crippen molar-refractivity contribution in [3.63, 3.8) is 0 Å². The van der Waals surface area contributed by atoms with E-state index in [2.05, 4.69) is 0 Å². The number of carbonyl (C=O) groups is 2. The molecular weight excluding hydrogens is 492 g/mol. The van der Waals surface area contributed by atoms with Crippen LogP contribution in [-0.4, -0.2) is 11.6 Å². The van der Waals surface area contributed by atoms with Gasteiger partial charge in [0, 0.05) is 34.4 Å². The molecule has 0 aromatic heterocycles. The smallest absolute Gasteiger partial charge is 0.358 e. The normalized spacial score (nSPS) is 9.26. The van der Waals surface area contributed by atoms with E-state index in [1.54, 1.807) is 60.7 Å². The van der Waals surface area contributed by atoms with Crippen molar-refractivity contribution in [1.82, 2.24) is 0 Å². The van der Waals surface area contributed by atoms with Crippen LogP contribution in [0.25, 0.3) is 0 Å². The van der Waals surface area contributed by atoms with Gasteiger partial charge in [0.2, 0.25) is 0 Å². The molecule has 0 saturated heterocycles. The third-order valence-electron chi connectivity index (χ3n) is 4.29. The van der Waals surface area contributed by atoms with E-state index in [0.29, 0.717) is 11.1 Å². The third kappa shape index (κ3) is 8.43. The molecule has 0 bridgehead atoms. The van der Waals surface area contributed by atoms with Crippen LogP contribution >= 0.6 is 0 Å². The predicted molar refractivity (Wildman–Crippen MR) is 123 cm³/mol. The molecule has 0 aliphatic rings. The maximum atomic E-state index is 13.3. The molecule has 0 fully saturated rings. The molecule has 0 heterocycles. The van der Waals surface area contributed by atoms with Crippen LogP contribution in [0.15, 0.2) is 84.9 Å². The van der Waals surface area contributed by atoms with Gasteiger partial charge in [-0.25, -0.2) is 17.6 Å². The van der Waals surface area contributed by atoms with E-state index in [1.165, 1.54) is 0 Å². The molecule has 0 N–H and O–H groups in total. The van der Waals surface area contributed by atoms with Crippen molar-refractivity contribution in [3.8, 4) is 0 Å². The summed E-state index contributed by atoms with van der Waals surface area (Å²) in [4.78, 5) is 23.6. The predicted octanol–water partition coefficient (Wildman–Crippen LogP) is 6.89. The fourth-order valence-electron chi connectivity index (χ4n) is 2.73. The minimum atomic E-state index is -0.964. The van der Waals surface area contributed by atoms with Gasteiger partial charge >= 0.3 is 21.7 Å². The van der Waals surface area contributed by atoms with Crippen LogP contribution in [0.1, 0.15) is 31.8 Å². The third-order valence-corrected chi connectivity index (χ3v) is 4.29. The van der Waals surface area contributed by atoms with Crippen LogP contribution in [0.4, 0.5) is 17.6 Å². The molecule has 0 aliphatic carbocycles. The molecule has 2 nitrogen and oxygen atoms in total. The van der Waals surface area contributed by atoms with Gasteiger partial charge in [-0.15, -0.1) is 24.3 Å². The van der Waals surface area contributed by atoms with Crippen LogP contribution in [-0.2, 0) is 21.7 Å². The molecule has 0 atom stereocenters. The summed E-state index contributed by atoms with van der Waals surface area (Å²) in [5, 5.41) is 0. The topological polar surface area (TPSA) is 34.1 Å². The van der Waals surface area contributed by atoms with Gasteiger partial charge in [0.1, 0.15) is 11.6 Å². The SMILES string of the molecule is O=C(c1ccccc1)c1ccc(F)[c-]c1F.O=C(c1ccccc1)c1ccc(F)[c-]c1F.[CH3-].[CH3-].[Ti+4]. The second kappa shape index (κ2) is 14.8. The Labute approximate surface area is 217 Å². The first-order valence-corrected chi connectivity index (χ1v) is 9.31. The van der Waals surface area contributed by atoms with Crippen molar-refractivity contribution in [1.29, 1.82) is 0 Å². The number of hydrogen-bond donors (Lipinski definition) is 0. The minimum absolute atomic E-state index is 0. The van der Waals surface area contributed by atoms with Gasteiger partial charge in [-0.1, -0.05) is 71.8 Å². The molecule has 35 heavy (non-hydrogen) atoms. The summed E-state index contributed by atoms with van der Waals surface area (Å²) < 4.78 is 51.8. The summed E-state index contributed by atoms with van der Waals surface area (Å²) in [6.07, 6.45) is 0. The van der Waals surface area contributed by atoms with Gasteiger partial charge in [0.25, 0.3) is 0 Å². The van der Waals surface area contributed by atoms with Crippen molar-refractivity contribution in [2.24, 2.45) is 0 Å². The Morgan fingerprint density at radius 3 is 1.11 bits per heavy atom. The molecular formula is C28H20F4O2Ti.